The van der Waals surface area contributed by atoms with Crippen molar-refractivity contribution in [3.8, 4) is 0 Å². The van der Waals surface area contributed by atoms with Gasteiger partial charge >= 0.3 is 0 Å². The second-order valence-corrected chi connectivity index (χ2v) is 5.86. The smallest absolute Gasteiger partial charge is 0.244 e. The van der Waals surface area contributed by atoms with Gasteiger partial charge in [0.2, 0.25) is 5.91 Å². The van der Waals surface area contributed by atoms with Gasteiger partial charge < -0.3 is 10.1 Å². The molecule has 2 rings (SSSR count). The molecule has 7 heteroatoms. The molecule has 1 aliphatic rings. The van der Waals surface area contributed by atoms with Crippen molar-refractivity contribution in [3.63, 3.8) is 0 Å². The summed E-state index contributed by atoms with van der Waals surface area (Å²) in [4.78, 5) is 18.3. The molecule has 1 aromatic rings. The van der Waals surface area contributed by atoms with E-state index in [0.717, 1.165) is 13.1 Å². The number of carbonyl (C=O) groups is 1. The van der Waals surface area contributed by atoms with Gasteiger partial charge in [0.25, 0.3) is 0 Å². The highest BCUT2D eigenvalue weighted by Crippen LogP contribution is 2.13. The van der Waals surface area contributed by atoms with Crippen LogP contribution in [0.15, 0.2) is 12.7 Å². The fraction of sp³-hybridized carbons (Fsp3) is 0.786. The number of aromatic nitrogens is 3. The monoisotopic (exact) mass is 295 g/mol. The van der Waals surface area contributed by atoms with E-state index >= 15 is 0 Å². The van der Waals surface area contributed by atoms with Crippen LogP contribution in [0.5, 0.6) is 0 Å². The third-order valence-corrected chi connectivity index (χ3v) is 3.86. The van der Waals surface area contributed by atoms with E-state index in [1.165, 1.54) is 6.33 Å². The molecule has 2 heterocycles. The number of morpholine rings is 1. The summed E-state index contributed by atoms with van der Waals surface area (Å²) in [5.74, 6) is -0.0401. The van der Waals surface area contributed by atoms with Crippen molar-refractivity contribution in [2.24, 2.45) is 0 Å². The Morgan fingerprint density at radius 3 is 2.62 bits per heavy atom. The summed E-state index contributed by atoms with van der Waals surface area (Å²) >= 11 is 0. The quantitative estimate of drug-likeness (QED) is 0.854. The minimum absolute atomic E-state index is 0.0401. The first kappa shape index (κ1) is 15.9. The summed E-state index contributed by atoms with van der Waals surface area (Å²) in [6, 6.07) is -0.0621. The van der Waals surface area contributed by atoms with Gasteiger partial charge in [0, 0.05) is 25.7 Å². The lowest BCUT2D eigenvalue weighted by Crippen LogP contribution is -2.52. The molecule has 0 aromatic carbocycles. The SMILES string of the molecule is CC1CN(C(C)CNC(=O)C(C)n2cncn2)CC(C)O1. The Kier molecular flexibility index (Phi) is 5.30. The van der Waals surface area contributed by atoms with E-state index in [1.54, 1.807) is 11.0 Å². The van der Waals surface area contributed by atoms with Crippen LogP contribution in [0.1, 0.15) is 33.7 Å². The zero-order valence-corrected chi connectivity index (χ0v) is 13.2. The number of rotatable bonds is 5. The second kappa shape index (κ2) is 7.00. The highest BCUT2D eigenvalue weighted by molar-refractivity contribution is 5.79. The normalized spacial score (nSPS) is 26.3. The summed E-state index contributed by atoms with van der Waals surface area (Å²) in [5.41, 5.74) is 0. The molecule has 1 aromatic heterocycles. The van der Waals surface area contributed by atoms with Crippen LogP contribution in [-0.2, 0) is 9.53 Å². The Hall–Kier alpha value is -1.47. The highest BCUT2D eigenvalue weighted by Gasteiger charge is 2.26. The Morgan fingerprint density at radius 2 is 2.05 bits per heavy atom. The molecule has 0 aliphatic carbocycles. The van der Waals surface area contributed by atoms with E-state index in [0.29, 0.717) is 6.54 Å². The number of nitrogens with one attached hydrogen (secondary N) is 1. The van der Waals surface area contributed by atoms with E-state index in [1.807, 2.05) is 6.92 Å². The van der Waals surface area contributed by atoms with Crippen LogP contribution in [0.2, 0.25) is 0 Å². The molecule has 0 saturated carbocycles. The molecule has 7 nitrogen and oxygen atoms in total. The van der Waals surface area contributed by atoms with Crippen molar-refractivity contribution in [3.05, 3.63) is 12.7 Å². The minimum Gasteiger partial charge on any atom is -0.373 e. The highest BCUT2D eigenvalue weighted by atomic mass is 16.5. The van der Waals surface area contributed by atoms with Crippen molar-refractivity contribution in [2.45, 2.75) is 52.0 Å². The molecule has 1 fully saturated rings. The van der Waals surface area contributed by atoms with E-state index in [-0.39, 0.29) is 30.2 Å². The van der Waals surface area contributed by atoms with Crippen molar-refractivity contribution in [1.29, 1.82) is 0 Å². The molecule has 21 heavy (non-hydrogen) atoms. The van der Waals surface area contributed by atoms with Crippen molar-refractivity contribution >= 4 is 5.91 Å². The number of carbonyl (C=O) groups excluding carboxylic acids is 1. The molecule has 1 N–H and O–H groups in total. The van der Waals surface area contributed by atoms with Crippen LogP contribution in [0, 0.1) is 0 Å². The minimum atomic E-state index is -0.345. The fourth-order valence-corrected chi connectivity index (χ4v) is 2.64. The molecule has 1 aliphatic heterocycles. The van der Waals surface area contributed by atoms with E-state index in [9.17, 15) is 4.79 Å². The third-order valence-electron chi connectivity index (χ3n) is 3.86. The molecule has 1 amide bonds. The Labute approximate surface area is 125 Å². The predicted molar refractivity (Wildman–Crippen MR) is 78.8 cm³/mol. The van der Waals surface area contributed by atoms with Gasteiger partial charge in [-0.1, -0.05) is 0 Å². The number of hydrogen-bond donors (Lipinski definition) is 1. The number of ether oxygens (including phenoxy) is 1. The van der Waals surface area contributed by atoms with Crippen molar-refractivity contribution in [2.75, 3.05) is 19.6 Å². The van der Waals surface area contributed by atoms with E-state index < -0.39 is 0 Å². The lowest BCUT2D eigenvalue weighted by molar-refractivity contribution is -0.124. The van der Waals surface area contributed by atoms with Gasteiger partial charge in [0.1, 0.15) is 18.7 Å². The molecular weight excluding hydrogens is 270 g/mol. The first-order valence-electron chi connectivity index (χ1n) is 7.48. The Morgan fingerprint density at radius 1 is 1.38 bits per heavy atom. The lowest BCUT2D eigenvalue weighted by Gasteiger charge is -2.39. The third kappa shape index (κ3) is 4.25. The molecule has 0 radical (unpaired) electrons. The topological polar surface area (TPSA) is 72.3 Å². The summed E-state index contributed by atoms with van der Waals surface area (Å²) in [6.45, 7) is 10.5. The largest absolute Gasteiger partial charge is 0.373 e. The summed E-state index contributed by atoms with van der Waals surface area (Å²) in [5, 5.41) is 6.98. The maximum Gasteiger partial charge on any atom is 0.244 e. The van der Waals surface area contributed by atoms with Crippen LogP contribution >= 0.6 is 0 Å². The second-order valence-electron chi connectivity index (χ2n) is 5.86. The molecule has 1 saturated heterocycles. The Balaban J connectivity index is 1.80. The molecule has 0 spiro atoms. The number of hydrogen-bond acceptors (Lipinski definition) is 5. The average Bonchev–Trinajstić information content (AvgIpc) is 2.96. The van der Waals surface area contributed by atoms with E-state index in [4.69, 9.17) is 4.74 Å². The van der Waals surface area contributed by atoms with Crippen molar-refractivity contribution in [1.82, 2.24) is 25.0 Å². The predicted octanol–water partition coefficient (Wildman–Crippen LogP) is 0.453. The zero-order chi connectivity index (χ0) is 15.4. The maximum absolute atomic E-state index is 12.1. The summed E-state index contributed by atoms with van der Waals surface area (Å²) < 4.78 is 7.29. The van der Waals surface area contributed by atoms with Gasteiger partial charge in [-0.3, -0.25) is 9.69 Å². The molecular formula is C14H25N5O2. The standard InChI is InChI=1S/C14H25N5O2/c1-10(18-6-11(2)21-12(3)7-18)5-16-14(20)13(4)19-9-15-8-17-19/h8-13H,5-7H2,1-4H3,(H,16,20). The van der Waals surface area contributed by atoms with Gasteiger partial charge in [-0.05, 0) is 27.7 Å². The first-order valence-corrected chi connectivity index (χ1v) is 7.48. The first-order chi connectivity index (χ1) is 9.97. The Bertz CT molecular complexity index is 440. The van der Waals surface area contributed by atoms with Crippen LogP contribution in [0.3, 0.4) is 0 Å². The fourth-order valence-electron chi connectivity index (χ4n) is 2.64. The van der Waals surface area contributed by atoms with E-state index in [2.05, 4.69) is 41.1 Å². The lowest BCUT2D eigenvalue weighted by atomic mass is 10.1. The van der Waals surface area contributed by atoms with Gasteiger partial charge in [0.15, 0.2) is 0 Å². The zero-order valence-electron chi connectivity index (χ0n) is 13.2. The molecule has 4 atom stereocenters. The molecule has 118 valence electrons. The van der Waals surface area contributed by atoms with Gasteiger partial charge in [-0.25, -0.2) is 9.67 Å². The number of nitrogens with zero attached hydrogens (tertiary/aromatic N) is 4. The number of amides is 1. The molecule has 0 bridgehead atoms. The molecule has 4 unspecified atom stereocenters. The van der Waals surface area contributed by atoms with Gasteiger partial charge in [0.05, 0.1) is 12.2 Å². The van der Waals surface area contributed by atoms with Crippen LogP contribution in [0.25, 0.3) is 0 Å². The van der Waals surface area contributed by atoms with Crippen LogP contribution < -0.4 is 5.32 Å². The van der Waals surface area contributed by atoms with Crippen molar-refractivity contribution < 1.29 is 9.53 Å². The maximum atomic E-state index is 12.1. The average molecular weight is 295 g/mol. The van der Waals surface area contributed by atoms with Crippen LogP contribution in [-0.4, -0.2) is 63.5 Å². The van der Waals surface area contributed by atoms with Crippen LogP contribution in [0.4, 0.5) is 0 Å². The van der Waals surface area contributed by atoms with Gasteiger partial charge in [-0.15, -0.1) is 0 Å². The van der Waals surface area contributed by atoms with Gasteiger partial charge in [-0.2, -0.15) is 5.10 Å². The summed E-state index contributed by atoms with van der Waals surface area (Å²) in [7, 11) is 0. The summed E-state index contributed by atoms with van der Waals surface area (Å²) in [6.07, 6.45) is 3.46.